The Kier molecular flexibility index (Phi) is 5.09. The quantitative estimate of drug-likeness (QED) is 0.883. The van der Waals surface area contributed by atoms with E-state index >= 15 is 0 Å². The molecule has 0 aromatic heterocycles. The molecule has 3 heteroatoms. The maximum Gasteiger partial charge on any atom is 2.00 e. The number of hydrogen-bond donors (Lipinski definition) is 1. The molecule has 0 aliphatic carbocycles. The molecule has 0 fully saturated rings. The van der Waals surface area contributed by atoms with Crippen LogP contribution in [0.5, 0.6) is 0 Å². The van der Waals surface area contributed by atoms with Crippen LogP contribution in [0.25, 0.3) is 11.1 Å². The van der Waals surface area contributed by atoms with Crippen LogP contribution in [0.15, 0.2) is 54.6 Å². The number of rotatable bonds is 3. The predicted octanol–water partition coefficient (Wildman–Crippen LogP) is 2.98. The van der Waals surface area contributed by atoms with E-state index in [9.17, 15) is 4.79 Å². The van der Waals surface area contributed by atoms with Gasteiger partial charge in [0, 0.05) is 0 Å². The topological polar surface area (TPSA) is 37.3 Å². The van der Waals surface area contributed by atoms with E-state index in [0.29, 0.717) is 0 Å². The van der Waals surface area contributed by atoms with Crippen molar-refractivity contribution in [1.29, 1.82) is 0 Å². The Hall–Kier alpha value is -1.43. The average molecular weight is 319 g/mol. The number of carboxylic acids is 1. The van der Waals surface area contributed by atoms with Crippen LogP contribution in [0.1, 0.15) is 5.56 Å². The maximum atomic E-state index is 10.8. The van der Waals surface area contributed by atoms with E-state index in [4.69, 9.17) is 5.11 Å². The van der Waals surface area contributed by atoms with Gasteiger partial charge in [0.05, 0.1) is 6.42 Å². The van der Waals surface area contributed by atoms with Crippen molar-refractivity contribution >= 4 is 5.97 Å². The number of benzene rings is 2. The van der Waals surface area contributed by atoms with E-state index in [-0.39, 0.29) is 26.8 Å². The van der Waals surface area contributed by atoms with E-state index in [0.717, 1.165) is 16.7 Å². The summed E-state index contributed by atoms with van der Waals surface area (Å²) in [6.07, 6.45) is 0.0606. The standard InChI is InChI=1S/C14H12O2.Pd/c15-14(16)10-12-8-4-5-9-13(12)11-6-2-1-3-7-11;/h1-9H,10H2,(H,15,16);/q;+2. The molecule has 0 atom stereocenters. The summed E-state index contributed by atoms with van der Waals surface area (Å²) in [6, 6.07) is 17.4. The van der Waals surface area contributed by atoms with E-state index in [1.54, 1.807) is 0 Å². The Labute approximate surface area is 114 Å². The molecule has 17 heavy (non-hydrogen) atoms. The fourth-order valence-electron chi connectivity index (χ4n) is 1.74. The average Bonchev–Trinajstić information content (AvgIpc) is 2.30. The van der Waals surface area contributed by atoms with Crippen molar-refractivity contribution in [3.05, 3.63) is 60.2 Å². The van der Waals surface area contributed by atoms with Crippen LogP contribution in [-0.2, 0) is 31.6 Å². The molecule has 0 aliphatic rings. The van der Waals surface area contributed by atoms with Gasteiger partial charge in [-0.25, -0.2) is 0 Å². The summed E-state index contributed by atoms with van der Waals surface area (Å²) in [6.45, 7) is 0. The number of hydrogen-bond acceptors (Lipinski definition) is 1. The van der Waals surface area contributed by atoms with Gasteiger partial charge in [0.2, 0.25) is 0 Å². The third-order valence-corrected chi connectivity index (χ3v) is 2.44. The zero-order valence-corrected chi connectivity index (χ0v) is 10.6. The zero-order chi connectivity index (χ0) is 11.4. The summed E-state index contributed by atoms with van der Waals surface area (Å²) in [5.74, 6) is -0.802. The molecule has 88 valence electrons. The minimum absolute atomic E-state index is 0. The number of carbonyl (C=O) groups is 1. The van der Waals surface area contributed by atoms with Gasteiger partial charge in [-0.15, -0.1) is 0 Å². The number of aliphatic carboxylic acids is 1. The Bertz CT molecular complexity index is 495. The second-order valence-corrected chi connectivity index (χ2v) is 3.59. The molecule has 0 saturated heterocycles. The van der Waals surface area contributed by atoms with Crippen molar-refractivity contribution in [2.45, 2.75) is 6.42 Å². The summed E-state index contributed by atoms with van der Waals surface area (Å²) < 4.78 is 0. The van der Waals surface area contributed by atoms with Crippen LogP contribution < -0.4 is 0 Å². The molecule has 0 saturated carbocycles. The molecule has 2 aromatic rings. The summed E-state index contributed by atoms with van der Waals surface area (Å²) in [4.78, 5) is 10.8. The van der Waals surface area contributed by atoms with E-state index < -0.39 is 5.97 Å². The van der Waals surface area contributed by atoms with Crippen molar-refractivity contribution < 1.29 is 30.3 Å². The Morgan fingerprint density at radius 1 is 0.941 bits per heavy atom. The first-order chi connectivity index (χ1) is 7.77. The normalized spacial score (nSPS) is 9.41. The van der Waals surface area contributed by atoms with Crippen LogP contribution in [0.2, 0.25) is 0 Å². The van der Waals surface area contributed by atoms with Crippen LogP contribution in [0, 0.1) is 0 Å². The first-order valence-corrected chi connectivity index (χ1v) is 5.12. The van der Waals surface area contributed by atoms with Crippen molar-refractivity contribution in [1.82, 2.24) is 0 Å². The molecule has 0 bridgehead atoms. The Balaban J connectivity index is 0.00000144. The van der Waals surface area contributed by atoms with Gasteiger partial charge in [0.15, 0.2) is 0 Å². The SMILES string of the molecule is O=C(O)Cc1ccccc1-c1ccccc1.[Pd+2]. The molecule has 0 spiro atoms. The van der Waals surface area contributed by atoms with Crippen molar-refractivity contribution in [3.63, 3.8) is 0 Å². The van der Waals surface area contributed by atoms with Gasteiger partial charge < -0.3 is 5.11 Å². The molecular formula is C14H12O2Pd+2. The maximum absolute atomic E-state index is 10.8. The van der Waals surface area contributed by atoms with Gasteiger partial charge >= 0.3 is 26.4 Å². The Morgan fingerprint density at radius 2 is 1.53 bits per heavy atom. The van der Waals surface area contributed by atoms with Gasteiger partial charge in [0.1, 0.15) is 0 Å². The van der Waals surface area contributed by atoms with Crippen LogP contribution in [0.3, 0.4) is 0 Å². The minimum Gasteiger partial charge on any atom is -0.481 e. The van der Waals surface area contributed by atoms with Crippen LogP contribution in [-0.4, -0.2) is 11.1 Å². The summed E-state index contributed by atoms with van der Waals surface area (Å²) in [7, 11) is 0. The van der Waals surface area contributed by atoms with Crippen molar-refractivity contribution in [2.75, 3.05) is 0 Å². The first kappa shape index (κ1) is 13.6. The van der Waals surface area contributed by atoms with Crippen LogP contribution >= 0.6 is 0 Å². The predicted molar refractivity (Wildman–Crippen MR) is 63.2 cm³/mol. The van der Waals surface area contributed by atoms with Gasteiger partial charge in [-0.2, -0.15) is 0 Å². The molecule has 0 radical (unpaired) electrons. The molecular weight excluding hydrogens is 307 g/mol. The van der Waals surface area contributed by atoms with E-state index in [1.807, 2.05) is 54.6 Å². The van der Waals surface area contributed by atoms with E-state index in [1.165, 1.54) is 0 Å². The van der Waals surface area contributed by atoms with Crippen molar-refractivity contribution in [2.24, 2.45) is 0 Å². The summed E-state index contributed by atoms with van der Waals surface area (Å²) in [5.41, 5.74) is 2.89. The third-order valence-electron chi connectivity index (χ3n) is 2.44. The molecule has 2 aromatic carbocycles. The minimum atomic E-state index is -0.802. The number of carboxylic acid groups (broad SMARTS) is 1. The van der Waals surface area contributed by atoms with Crippen molar-refractivity contribution in [3.8, 4) is 11.1 Å². The van der Waals surface area contributed by atoms with Gasteiger partial charge in [-0.3, -0.25) is 4.79 Å². The van der Waals surface area contributed by atoms with Gasteiger partial charge in [0.25, 0.3) is 0 Å². The molecule has 0 aliphatic heterocycles. The molecule has 1 N–H and O–H groups in total. The first-order valence-electron chi connectivity index (χ1n) is 5.12. The fourth-order valence-corrected chi connectivity index (χ4v) is 1.74. The smallest absolute Gasteiger partial charge is 0.481 e. The molecule has 2 nitrogen and oxygen atoms in total. The third kappa shape index (κ3) is 3.52. The molecule has 0 amide bonds. The van der Waals surface area contributed by atoms with E-state index in [2.05, 4.69) is 0 Å². The monoisotopic (exact) mass is 318 g/mol. The van der Waals surface area contributed by atoms with Gasteiger partial charge in [-0.1, -0.05) is 54.6 Å². The molecule has 0 unspecified atom stereocenters. The second-order valence-electron chi connectivity index (χ2n) is 3.59. The van der Waals surface area contributed by atoms with Gasteiger partial charge in [-0.05, 0) is 16.7 Å². The molecule has 2 rings (SSSR count). The van der Waals surface area contributed by atoms with Crippen LogP contribution in [0.4, 0.5) is 0 Å². The molecule has 0 heterocycles. The Morgan fingerprint density at radius 3 is 2.18 bits per heavy atom. The fraction of sp³-hybridized carbons (Fsp3) is 0.0714. The largest absolute Gasteiger partial charge is 2.00 e. The summed E-state index contributed by atoms with van der Waals surface area (Å²) in [5, 5.41) is 8.84. The zero-order valence-electron chi connectivity index (χ0n) is 9.07. The second kappa shape index (κ2) is 6.34. The summed E-state index contributed by atoms with van der Waals surface area (Å²) >= 11 is 0.